The molecule has 1 heterocycles. The first-order valence-corrected chi connectivity index (χ1v) is 5.24. The number of hydrogen-bond acceptors (Lipinski definition) is 2. The number of rotatable bonds is 2. The first-order chi connectivity index (χ1) is 7.61. The second-order valence-corrected chi connectivity index (χ2v) is 4.29. The van der Waals surface area contributed by atoms with Gasteiger partial charge in [0.2, 0.25) is 0 Å². The summed E-state index contributed by atoms with van der Waals surface area (Å²) >= 11 is 0. The van der Waals surface area contributed by atoms with Crippen LogP contribution in [-0.2, 0) is 6.54 Å². The first-order valence-electron chi connectivity index (χ1n) is 5.24. The fraction of sp³-hybridized carbons (Fsp3) is 0.333. The zero-order valence-corrected chi connectivity index (χ0v) is 9.32. The lowest BCUT2D eigenvalue weighted by Gasteiger charge is -2.06. The third kappa shape index (κ3) is 1.72. The lowest BCUT2D eigenvalue weighted by Crippen LogP contribution is -2.09. The predicted octanol–water partition coefficient (Wildman–Crippen LogP) is 1.86. The quantitative estimate of drug-likeness (QED) is 0.831. The van der Waals surface area contributed by atoms with Gasteiger partial charge in [-0.15, -0.1) is 0 Å². The summed E-state index contributed by atoms with van der Waals surface area (Å²) in [7, 11) is 0. The van der Waals surface area contributed by atoms with Gasteiger partial charge in [0.15, 0.2) is 0 Å². The molecule has 0 aliphatic rings. The van der Waals surface area contributed by atoms with E-state index in [9.17, 15) is 4.79 Å². The van der Waals surface area contributed by atoms with Crippen molar-refractivity contribution in [3.8, 4) is 6.07 Å². The Kier molecular flexibility index (Phi) is 2.53. The molecule has 0 saturated heterocycles. The molecule has 0 unspecified atom stereocenters. The monoisotopic (exact) mass is 215 g/mol. The number of nitriles is 1. The average molecular weight is 215 g/mol. The second-order valence-electron chi connectivity index (χ2n) is 4.29. The molecule has 0 amide bonds. The van der Waals surface area contributed by atoms with E-state index in [2.05, 4.69) is 18.9 Å². The van der Waals surface area contributed by atoms with Crippen molar-refractivity contribution in [2.75, 3.05) is 0 Å². The fourth-order valence-electron chi connectivity index (χ4n) is 1.77. The highest BCUT2D eigenvalue weighted by Crippen LogP contribution is 2.13. The van der Waals surface area contributed by atoms with Crippen molar-refractivity contribution in [1.29, 1.82) is 5.26 Å². The number of fused-ring (bicyclic) bond motifs is 1. The van der Waals surface area contributed by atoms with Crippen LogP contribution in [0.2, 0.25) is 0 Å². The van der Waals surface area contributed by atoms with Crippen LogP contribution in [0.25, 0.3) is 10.9 Å². The summed E-state index contributed by atoms with van der Waals surface area (Å²) in [6, 6.07) is 7.21. The number of aromatic amines is 1. The smallest absolute Gasteiger partial charge is 0.272 e. The molecule has 0 fully saturated rings. The van der Waals surface area contributed by atoms with Crippen LogP contribution in [0.3, 0.4) is 0 Å². The predicted molar refractivity (Wildman–Crippen MR) is 62.1 cm³/mol. The molecule has 1 N–H and O–H groups in total. The molecular weight excluding hydrogens is 202 g/mol. The lowest BCUT2D eigenvalue weighted by molar-refractivity contribution is 0.492. The molecule has 2 rings (SSSR count). The van der Waals surface area contributed by atoms with E-state index in [0.29, 0.717) is 16.9 Å². The van der Waals surface area contributed by atoms with Crippen molar-refractivity contribution in [1.82, 2.24) is 9.78 Å². The zero-order valence-electron chi connectivity index (χ0n) is 9.32. The molecule has 0 atom stereocenters. The van der Waals surface area contributed by atoms with Crippen molar-refractivity contribution >= 4 is 10.9 Å². The summed E-state index contributed by atoms with van der Waals surface area (Å²) in [4.78, 5) is 11.7. The van der Waals surface area contributed by atoms with E-state index in [1.54, 1.807) is 12.1 Å². The van der Waals surface area contributed by atoms with Crippen LogP contribution in [0, 0.1) is 17.2 Å². The normalized spacial score (nSPS) is 10.9. The van der Waals surface area contributed by atoms with Gasteiger partial charge in [-0.3, -0.25) is 14.6 Å². The van der Waals surface area contributed by atoms with Crippen LogP contribution < -0.4 is 5.56 Å². The highest BCUT2D eigenvalue weighted by molar-refractivity contribution is 5.79. The highest BCUT2D eigenvalue weighted by Gasteiger charge is 2.08. The Morgan fingerprint density at radius 1 is 1.50 bits per heavy atom. The topological polar surface area (TPSA) is 61.6 Å². The molecule has 0 aliphatic heterocycles. The lowest BCUT2D eigenvalue weighted by atomic mass is 10.1. The van der Waals surface area contributed by atoms with Gasteiger partial charge >= 0.3 is 0 Å². The second kappa shape index (κ2) is 3.86. The first kappa shape index (κ1) is 10.5. The fourth-order valence-corrected chi connectivity index (χ4v) is 1.77. The van der Waals surface area contributed by atoms with Gasteiger partial charge in [-0.1, -0.05) is 13.8 Å². The van der Waals surface area contributed by atoms with Crippen molar-refractivity contribution in [3.05, 3.63) is 34.1 Å². The maximum Gasteiger partial charge on any atom is 0.272 e. The number of nitrogens with one attached hydrogen (secondary N) is 1. The Morgan fingerprint density at radius 2 is 2.25 bits per heavy atom. The Hall–Kier alpha value is -2.02. The van der Waals surface area contributed by atoms with Crippen molar-refractivity contribution in [2.45, 2.75) is 20.4 Å². The standard InChI is InChI=1S/C12H13N3O/c1-8(2)7-15-11-4-3-9(6-13)5-10(11)12(16)14-15/h3-5,8H,7H2,1-2H3,(H,14,16). The number of H-pyrrole nitrogens is 1. The molecule has 1 aromatic heterocycles. The molecule has 16 heavy (non-hydrogen) atoms. The molecule has 0 spiro atoms. The van der Waals surface area contributed by atoms with Crippen LogP contribution in [-0.4, -0.2) is 9.78 Å². The molecule has 4 heteroatoms. The summed E-state index contributed by atoms with van der Waals surface area (Å²) in [5.41, 5.74) is 1.24. The number of aromatic nitrogens is 2. The molecule has 0 bridgehead atoms. The molecular formula is C12H13N3O. The maximum absolute atomic E-state index is 11.7. The number of hydrogen-bond donors (Lipinski definition) is 1. The molecule has 0 saturated carbocycles. The number of nitrogens with zero attached hydrogens (tertiary/aromatic N) is 2. The Bertz CT molecular complexity index is 613. The largest absolute Gasteiger partial charge is 0.284 e. The summed E-state index contributed by atoms with van der Waals surface area (Å²) in [5.74, 6) is 0.460. The molecule has 82 valence electrons. The van der Waals surface area contributed by atoms with E-state index in [1.165, 1.54) is 0 Å². The highest BCUT2D eigenvalue weighted by atomic mass is 16.1. The minimum atomic E-state index is -0.132. The van der Waals surface area contributed by atoms with Gasteiger partial charge < -0.3 is 0 Å². The van der Waals surface area contributed by atoms with E-state index in [4.69, 9.17) is 5.26 Å². The molecule has 0 aliphatic carbocycles. The summed E-state index contributed by atoms with van der Waals surface area (Å²) in [6.45, 7) is 4.95. The Morgan fingerprint density at radius 3 is 2.88 bits per heavy atom. The SMILES string of the molecule is CC(C)Cn1[nH]c(=O)c2cc(C#N)ccc21. The van der Waals surface area contributed by atoms with Crippen LogP contribution in [0.1, 0.15) is 19.4 Å². The van der Waals surface area contributed by atoms with Crippen LogP contribution in [0.5, 0.6) is 0 Å². The number of benzene rings is 1. The summed E-state index contributed by atoms with van der Waals surface area (Å²) < 4.78 is 1.84. The van der Waals surface area contributed by atoms with Gasteiger partial charge in [-0.25, -0.2) is 0 Å². The minimum Gasteiger partial charge on any atom is -0.284 e. The van der Waals surface area contributed by atoms with Crippen LogP contribution in [0.15, 0.2) is 23.0 Å². The van der Waals surface area contributed by atoms with E-state index < -0.39 is 0 Å². The molecule has 1 aromatic carbocycles. The Labute approximate surface area is 93.1 Å². The van der Waals surface area contributed by atoms with E-state index >= 15 is 0 Å². The zero-order chi connectivity index (χ0) is 11.7. The van der Waals surface area contributed by atoms with Crippen molar-refractivity contribution in [3.63, 3.8) is 0 Å². The summed E-state index contributed by atoms with van der Waals surface area (Å²) in [6.07, 6.45) is 0. The molecule has 4 nitrogen and oxygen atoms in total. The third-order valence-corrected chi connectivity index (χ3v) is 2.45. The maximum atomic E-state index is 11.7. The Balaban J connectivity index is 2.64. The molecule has 2 aromatic rings. The van der Waals surface area contributed by atoms with Crippen LogP contribution in [0.4, 0.5) is 0 Å². The van der Waals surface area contributed by atoms with Gasteiger partial charge in [0.05, 0.1) is 22.5 Å². The van der Waals surface area contributed by atoms with Crippen molar-refractivity contribution < 1.29 is 0 Å². The minimum absolute atomic E-state index is 0.132. The van der Waals surface area contributed by atoms with E-state index in [1.807, 2.05) is 16.8 Å². The molecule has 0 radical (unpaired) electrons. The van der Waals surface area contributed by atoms with Crippen LogP contribution >= 0.6 is 0 Å². The van der Waals surface area contributed by atoms with E-state index in [-0.39, 0.29) is 5.56 Å². The van der Waals surface area contributed by atoms with Gasteiger partial charge in [0.25, 0.3) is 5.56 Å². The van der Waals surface area contributed by atoms with E-state index in [0.717, 1.165) is 12.1 Å². The summed E-state index contributed by atoms with van der Waals surface area (Å²) in [5, 5.41) is 12.1. The average Bonchev–Trinajstić information content (AvgIpc) is 2.54. The third-order valence-electron chi connectivity index (χ3n) is 2.45. The van der Waals surface area contributed by atoms with Gasteiger partial charge in [-0.05, 0) is 24.1 Å². The van der Waals surface area contributed by atoms with Gasteiger partial charge in [0.1, 0.15) is 0 Å². The van der Waals surface area contributed by atoms with Gasteiger partial charge in [-0.2, -0.15) is 5.26 Å². The van der Waals surface area contributed by atoms with Crippen molar-refractivity contribution in [2.24, 2.45) is 5.92 Å². The van der Waals surface area contributed by atoms with Gasteiger partial charge in [0, 0.05) is 6.54 Å².